The first-order valence-electron chi connectivity index (χ1n) is 7.32. The maximum Gasteiger partial charge on any atom is 0.269 e. The number of benzene rings is 2. The topological polar surface area (TPSA) is 91.2 Å². The summed E-state index contributed by atoms with van der Waals surface area (Å²) >= 11 is 0. The number of ether oxygens (including phenoxy) is 2. The van der Waals surface area contributed by atoms with Gasteiger partial charge in [0.1, 0.15) is 12.9 Å². The molecule has 0 spiro atoms. The fourth-order valence-corrected chi connectivity index (χ4v) is 2.38. The fourth-order valence-electron chi connectivity index (χ4n) is 2.38. The highest BCUT2D eigenvalue weighted by Gasteiger charge is 2.27. The lowest BCUT2D eigenvalue weighted by molar-refractivity contribution is -0.125. The van der Waals surface area contributed by atoms with Gasteiger partial charge in [-0.2, -0.15) is 0 Å². The summed E-state index contributed by atoms with van der Waals surface area (Å²) in [6, 6.07) is 14.5. The summed E-state index contributed by atoms with van der Waals surface area (Å²) in [6.45, 7) is 0.162. The molecule has 0 bridgehead atoms. The van der Waals surface area contributed by atoms with Crippen LogP contribution >= 0.6 is 0 Å². The van der Waals surface area contributed by atoms with Crippen LogP contribution < -0.4 is 14.8 Å². The van der Waals surface area contributed by atoms with Gasteiger partial charge >= 0.3 is 0 Å². The average Bonchev–Trinajstić information content (AvgIpc) is 3.16. The molecule has 1 aliphatic heterocycles. The quantitative estimate of drug-likeness (QED) is 0.784. The number of tetrazole rings is 1. The van der Waals surface area contributed by atoms with Gasteiger partial charge in [0.2, 0.25) is 6.10 Å². The zero-order valence-corrected chi connectivity index (χ0v) is 12.5. The molecule has 0 aliphatic carbocycles. The number of nitrogens with one attached hydrogen (secondary N) is 1. The number of amides is 1. The molecule has 1 atom stereocenters. The van der Waals surface area contributed by atoms with E-state index in [1.807, 2.05) is 18.2 Å². The molecular weight excluding hydrogens is 310 g/mol. The Morgan fingerprint density at radius 1 is 1.17 bits per heavy atom. The van der Waals surface area contributed by atoms with Gasteiger partial charge in [-0.25, -0.2) is 4.68 Å². The van der Waals surface area contributed by atoms with Crippen molar-refractivity contribution >= 4 is 11.6 Å². The molecule has 0 saturated carbocycles. The third-order valence-electron chi connectivity index (χ3n) is 3.53. The normalized spacial score (nSPS) is 15.8. The Morgan fingerprint density at radius 2 is 2.04 bits per heavy atom. The van der Waals surface area contributed by atoms with Crippen molar-refractivity contribution in [2.24, 2.45) is 0 Å². The third-order valence-corrected chi connectivity index (χ3v) is 3.53. The Bertz CT molecular complexity index is 866. The molecule has 4 rings (SSSR count). The highest BCUT2D eigenvalue weighted by molar-refractivity contribution is 5.95. The number of carbonyl (C=O) groups is 1. The van der Waals surface area contributed by atoms with Crippen LogP contribution in [0.5, 0.6) is 11.5 Å². The summed E-state index contributed by atoms with van der Waals surface area (Å²) in [4.78, 5) is 12.4. The number of hydrogen-bond acceptors (Lipinski definition) is 6. The van der Waals surface area contributed by atoms with Crippen molar-refractivity contribution < 1.29 is 14.3 Å². The summed E-state index contributed by atoms with van der Waals surface area (Å²) in [5.74, 6) is 0.923. The Balaban J connectivity index is 1.48. The summed E-state index contributed by atoms with van der Waals surface area (Å²) in [5, 5.41) is 13.8. The second-order valence-corrected chi connectivity index (χ2v) is 5.16. The average molecular weight is 323 g/mol. The molecule has 1 aromatic heterocycles. The van der Waals surface area contributed by atoms with E-state index < -0.39 is 6.10 Å². The monoisotopic (exact) mass is 323 g/mol. The lowest BCUT2D eigenvalue weighted by Crippen LogP contribution is -2.40. The minimum atomic E-state index is -0.711. The Kier molecular flexibility index (Phi) is 3.54. The minimum absolute atomic E-state index is 0.162. The molecule has 1 unspecified atom stereocenters. The highest BCUT2D eigenvalue weighted by Crippen LogP contribution is 2.31. The van der Waals surface area contributed by atoms with Gasteiger partial charge in [0.15, 0.2) is 11.5 Å². The van der Waals surface area contributed by atoms with Crippen LogP contribution in [0.4, 0.5) is 5.69 Å². The van der Waals surface area contributed by atoms with Crippen LogP contribution in [0.2, 0.25) is 0 Å². The van der Waals surface area contributed by atoms with Gasteiger partial charge < -0.3 is 14.8 Å². The number of hydrogen-bond donors (Lipinski definition) is 1. The molecule has 8 heteroatoms. The van der Waals surface area contributed by atoms with Crippen molar-refractivity contribution in [1.29, 1.82) is 0 Å². The summed E-state index contributed by atoms with van der Waals surface area (Å²) < 4.78 is 12.8. The van der Waals surface area contributed by atoms with Gasteiger partial charge in [-0.05, 0) is 40.8 Å². The first-order valence-corrected chi connectivity index (χ1v) is 7.32. The summed E-state index contributed by atoms with van der Waals surface area (Å²) in [7, 11) is 0. The molecule has 2 heterocycles. The van der Waals surface area contributed by atoms with Gasteiger partial charge in [0.05, 0.1) is 5.69 Å². The second-order valence-electron chi connectivity index (χ2n) is 5.16. The molecule has 2 aromatic carbocycles. The van der Waals surface area contributed by atoms with E-state index in [-0.39, 0.29) is 12.5 Å². The predicted octanol–water partition coefficient (Wildman–Crippen LogP) is 1.44. The van der Waals surface area contributed by atoms with Gasteiger partial charge in [-0.1, -0.05) is 18.2 Å². The van der Waals surface area contributed by atoms with Crippen LogP contribution in [0.3, 0.4) is 0 Å². The molecule has 0 fully saturated rings. The van der Waals surface area contributed by atoms with E-state index in [1.54, 1.807) is 30.3 Å². The molecule has 0 radical (unpaired) electrons. The zero-order valence-electron chi connectivity index (χ0n) is 12.5. The largest absolute Gasteiger partial charge is 0.485 e. The molecule has 1 amide bonds. The maximum absolute atomic E-state index is 12.4. The van der Waals surface area contributed by atoms with Gasteiger partial charge in [-0.3, -0.25) is 4.79 Å². The van der Waals surface area contributed by atoms with E-state index in [0.717, 1.165) is 5.69 Å². The fraction of sp³-hybridized carbons (Fsp3) is 0.125. The van der Waals surface area contributed by atoms with E-state index in [0.29, 0.717) is 17.2 Å². The smallest absolute Gasteiger partial charge is 0.269 e. The van der Waals surface area contributed by atoms with Gasteiger partial charge in [-0.15, -0.1) is 5.10 Å². The van der Waals surface area contributed by atoms with Crippen LogP contribution in [0, 0.1) is 0 Å². The van der Waals surface area contributed by atoms with Crippen molar-refractivity contribution in [3.63, 3.8) is 0 Å². The van der Waals surface area contributed by atoms with Crippen LogP contribution in [0.15, 0.2) is 54.9 Å². The zero-order chi connectivity index (χ0) is 16.4. The SMILES string of the molecule is O=C(Nc1cccc(-n2cnnn2)c1)C1COc2ccccc2O1. The Hall–Kier alpha value is -3.42. The maximum atomic E-state index is 12.4. The van der Waals surface area contributed by atoms with Crippen LogP contribution in [0.1, 0.15) is 0 Å². The van der Waals surface area contributed by atoms with Crippen molar-refractivity contribution in [2.75, 3.05) is 11.9 Å². The first-order chi connectivity index (χ1) is 11.8. The second kappa shape index (κ2) is 5.99. The molecule has 1 aliphatic rings. The first kappa shape index (κ1) is 14.2. The summed E-state index contributed by atoms with van der Waals surface area (Å²) in [6.07, 6.45) is 0.771. The minimum Gasteiger partial charge on any atom is -0.485 e. The highest BCUT2D eigenvalue weighted by atomic mass is 16.6. The van der Waals surface area contributed by atoms with E-state index in [2.05, 4.69) is 20.8 Å². The standard InChI is InChI=1S/C16H13N5O3/c22-16(15-9-23-13-6-1-2-7-14(13)24-15)18-11-4-3-5-12(8-11)21-10-17-19-20-21/h1-8,10,15H,9H2,(H,18,22). The molecule has 0 saturated heterocycles. The molecule has 8 nitrogen and oxygen atoms in total. The number of rotatable bonds is 3. The molecule has 24 heavy (non-hydrogen) atoms. The van der Waals surface area contributed by atoms with Crippen molar-refractivity contribution in [2.45, 2.75) is 6.10 Å². The Morgan fingerprint density at radius 3 is 2.88 bits per heavy atom. The van der Waals surface area contributed by atoms with Gasteiger partial charge in [0.25, 0.3) is 5.91 Å². The number of nitrogens with zero attached hydrogens (tertiary/aromatic N) is 4. The number of anilines is 1. The van der Waals surface area contributed by atoms with Crippen molar-refractivity contribution in [1.82, 2.24) is 20.2 Å². The van der Waals surface area contributed by atoms with Crippen molar-refractivity contribution in [3.05, 3.63) is 54.9 Å². The number of aromatic nitrogens is 4. The van der Waals surface area contributed by atoms with Crippen molar-refractivity contribution in [3.8, 4) is 17.2 Å². The van der Waals surface area contributed by atoms with E-state index in [1.165, 1.54) is 11.0 Å². The number of fused-ring (bicyclic) bond motifs is 1. The van der Waals surface area contributed by atoms with Gasteiger partial charge in [0, 0.05) is 5.69 Å². The molecule has 120 valence electrons. The molecule has 3 aromatic rings. The molecule has 1 N–H and O–H groups in total. The Labute approximate surface area is 137 Å². The third kappa shape index (κ3) is 2.76. The van der Waals surface area contributed by atoms with E-state index in [9.17, 15) is 4.79 Å². The molecular formula is C16H13N5O3. The number of carbonyl (C=O) groups excluding carboxylic acids is 1. The lowest BCUT2D eigenvalue weighted by atomic mass is 10.2. The van der Waals surface area contributed by atoms with Crippen LogP contribution in [-0.4, -0.2) is 38.8 Å². The van der Waals surface area contributed by atoms with E-state index in [4.69, 9.17) is 9.47 Å². The number of para-hydroxylation sites is 2. The lowest BCUT2D eigenvalue weighted by Gasteiger charge is -2.25. The van der Waals surface area contributed by atoms with E-state index >= 15 is 0 Å². The predicted molar refractivity (Wildman–Crippen MR) is 84.1 cm³/mol. The van der Waals surface area contributed by atoms with Crippen LogP contribution in [0.25, 0.3) is 5.69 Å². The summed E-state index contributed by atoms with van der Waals surface area (Å²) in [5.41, 5.74) is 1.36. The van der Waals surface area contributed by atoms with Crippen LogP contribution in [-0.2, 0) is 4.79 Å².